The van der Waals surface area contributed by atoms with Gasteiger partial charge in [0.15, 0.2) is 5.82 Å². The Morgan fingerprint density at radius 1 is 1.03 bits per heavy atom. The maximum atomic E-state index is 11.3. The number of aromatic hydroxyl groups is 1. The highest BCUT2D eigenvalue weighted by atomic mass is 16.3. The number of phenolic OH excluding ortho intramolecular Hbond substituents is 1. The first-order valence-corrected chi connectivity index (χ1v) is 11.7. The van der Waals surface area contributed by atoms with Crippen LogP contribution in [0.25, 0.3) is 22.3 Å². The van der Waals surface area contributed by atoms with Gasteiger partial charge in [0.2, 0.25) is 5.91 Å². The van der Waals surface area contributed by atoms with E-state index in [-0.39, 0.29) is 17.7 Å². The Kier molecular flexibility index (Phi) is 10.6. The number of nitrogens with one attached hydrogen (secondary N) is 2. The largest absolute Gasteiger partial charge is 0.507 e. The molecule has 0 spiro atoms. The third-order valence-corrected chi connectivity index (χ3v) is 5.23. The highest BCUT2D eigenvalue weighted by Crippen LogP contribution is 2.29. The third kappa shape index (κ3) is 7.71. The van der Waals surface area contributed by atoms with E-state index in [2.05, 4.69) is 20.6 Å². The molecule has 0 aliphatic heterocycles. The molecule has 4 N–H and O–H groups in total. The summed E-state index contributed by atoms with van der Waals surface area (Å²) in [6, 6.07) is 15.1. The summed E-state index contributed by atoms with van der Waals surface area (Å²) in [4.78, 5) is 20.3. The van der Waals surface area contributed by atoms with Crippen molar-refractivity contribution in [2.75, 3.05) is 11.9 Å². The Hall–Kier alpha value is -3.19. The first kappa shape index (κ1) is 26.1. The van der Waals surface area contributed by atoms with E-state index < -0.39 is 6.10 Å². The molecule has 2 unspecified atom stereocenters. The Bertz CT molecular complexity index is 1030. The van der Waals surface area contributed by atoms with Crippen LogP contribution in [0, 0.1) is 0 Å². The molecule has 0 saturated carbocycles. The molecule has 178 valence electrons. The number of aromatic nitrogens is 2. The van der Waals surface area contributed by atoms with Crippen molar-refractivity contribution in [1.29, 1.82) is 0 Å². The van der Waals surface area contributed by atoms with Crippen molar-refractivity contribution in [2.45, 2.75) is 65.5 Å². The number of phenols is 1. The molecule has 2 aromatic carbocycles. The number of para-hydroxylation sites is 2. The number of hydrogen-bond donors (Lipinski definition) is 4. The fourth-order valence-electron chi connectivity index (χ4n) is 3.13. The number of carbonyl (C=O) groups excluding carboxylic acids is 1. The van der Waals surface area contributed by atoms with Gasteiger partial charge in [0, 0.05) is 18.0 Å². The number of anilines is 1. The van der Waals surface area contributed by atoms with Crippen molar-refractivity contribution in [2.24, 2.45) is 0 Å². The number of aliphatic hydroxyl groups excluding tert-OH is 1. The second kappa shape index (κ2) is 13.4. The van der Waals surface area contributed by atoms with Crippen LogP contribution in [0.5, 0.6) is 5.75 Å². The lowest BCUT2D eigenvalue weighted by atomic mass is 10.1. The first-order valence-electron chi connectivity index (χ1n) is 11.7. The molecule has 0 aliphatic carbocycles. The molecule has 1 aromatic heterocycles. The summed E-state index contributed by atoms with van der Waals surface area (Å²) in [6.45, 7) is 8.78. The molecule has 0 bridgehead atoms. The molecule has 3 aromatic rings. The number of carbonyl (C=O) groups is 1. The maximum absolute atomic E-state index is 11.3. The number of benzene rings is 2. The molecule has 7 nitrogen and oxygen atoms in total. The molecule has 1 heterocycles. The van der Waals surface area contributed by atoms with Gasteiger partial charge in [-0.3, -0.25) is 4.79 Å². The van der Waals surface area contributed by atoms with Crippen LogP contribution in [0.1, 0.15) is 53.4 Å². The predicted molar refractivity (Wildman–Crippen MR) is 134 cm³/mol. The lowest BCUT2D eigenvalue weighted by molar-refractivity contribution is -0.130. The summed E-state index contributed by atoms with van der Waals surface area (Å²) < 4.78 is 0. The Balaban J connectivity index is 0.000000260. The lowest BCUT2D eigenvalue weighted by Crippen LogP contribution is -2.39. The number of unbranched alkanes of at least 4 members (excludes halogenated alkanes) is 1. The molecule has 0 saturated heterocycles. The molecule has 0 aliphatic rings. The van der Waals surface area contributed by atoms with E-state index in [1.165, 1.54) is 0 Å². The van der Waals surface area contributed by atoms with Crippen LogP contribution in [0.2, 0.25) is 0 Å². The van der Waals surface area contributed by atoms with Crippen LogP contribution < -0.4 is 10.6 Å². The lowest BCUT2D eigenvalue weighted by Gasteiger charge is -2.14. The quantitative estimate of drug-likeness (QED) is 0.368. The summed E-state index contributed by atoms with van der Waals surface area (Å²) in [5.74, 6) is 1.27. The van der Waals surface area contributed by atoms with Gasteiger partial charge in [0.1, 0.15) is 17.7 Å². The molecule has 0 radical (unpaired) electrons. The fourth-order valence-corrected chi connectivity index (χ4v) is 3.13. The van der Waals surface area contributed by atoms with Crippen molar-refractivity contribution in [3.63, 3.8) is 0 Å². The van der Waals surface area contributed by atoms with E-state index in [0.717, 1.165) is 42.5 Å². The van der Waals surface area contributed by atoms with Crippen molar-refractivity contribution >= 4 is 22.6 Å². The number of hydrogen-bond acceptors (Lipinski definition) is 6. The summed E-state index contributed by atoms with van der Waals surface area (Å²) in [7, 11) is 0. The highest BCUT2D eigenvalue weighted by Gasteiger charge is 2.15. The topological polar surface area (TPSA) is 107 Å². The molecule has 0 fully saturated rings. The predicted octanol–water partition coefficient (Wildman–Crippen LogP) is 4.89. The molecular weight excluding hydrogens is 416 g/mol. The molecule has 2 atom stereocenters. The summed E-state index contributed by atoms with van der Waals surface area (Å²) >= 11 is 0. The van der Waals surface area contributed by atoms with Crippen molar-refractivity contribution in [3.8, 4) is 17.1 Å². The van der Waals surface area contributed by atoms with Crippen LogP contribution in [0.4, 0.5) is 5.82 Å². The van der Waals surface area contributed by atoms with E-state index >= 15 is 0 Å². The standard InChI is InChI=1S/C16H15N3O.C10H21NO2/c1-2-17-15-11-7-3-5-9-13(11)18-16(19-15)12-8-4-6-10-14(12)20;1-4-6-7-9(12)10(13)11-8(3)5-2/h3-10,20H,2H2,1H3,(H,17,18,19);8-9,12H,4-7H2,1-3H3,(H,11,13). The number of amides is 1. The summed E-state index contributed by atoms with van der Waals surface area (Å²) in [5.41, 5.74) is 1.49. The average Bonchev–Trinajstić information content (AvgIpc) is 2.83. The zero-order valence-electron chi connectivity index (χ0n) is 20.0. The molecule has 1 amide bonds. The second-order valence-corrected chi connectivity index (χ2v) is 7.94. The van der Waals surface area contributed by atoms with Crippen LogP contribution in [-0.2, 0) is 4.79 Å². The average molecular weight is 453 g/mol. The van der Waals surface area contributed by atoms with Gasteiger partial charge in [-0.25, -0.2) is 9.97 Å². The van der Waals surface area contributed by atoms with Crippen LogP contribution >= 0.6 is 0 Å². The summed E-state index contributed by atoms with van der Waals surface area (Å²) in [6.07, 6.45) is 2.54. The van der Waals surface area contributed by atoms with Crippen LogP contribution in [0.3, 0.4) is 0 Å². The van der Waals surface area contributed by atoms with Gasteiger partial charge in [0.25, 0.3) is 0 Å². The second-order valence-electron chi connectivity index (χ2n) is 7.94. The maximum Gasteiger partial charge on any atom is 0.249 e. The van der Waals surface area contributed by atoms with Gasteiger partial charge in [-0.2, -0.15) is 0 Å². The van der Waals surface area contributed by atoms with Crippen LogP contribution in [0.15, 0.2) is 48.5 Å². The molecular formula is C26H36N4O3. The molecule has 33 heavy (non-hydrogen) atoms. The Labute approximate surface area is 196 Å². The van der Waals surface area contributed by atoms with Gasteiger partial charge in [0.05, 0.1) is 11.1 Å². The van der Waals surface area contributed by atoms with Gasteiger partial charge in [-0.1, -0.05) is 51.0 Å². The van der Waals surface area contributed by atoms with E-state index in [9.17, 15) is 15.0 Å². The zero-order valence-corrected chi connectivity index (χ0v) is 20.0. The van der Waals surface area contributed by atoms with E-state index in [1.54, 1.807) is 12.1 Å². The van der Waals surface area contributed by atoms with Gasteiger partial charge < -0.3 is 20.8 Å². The zero-order chi connectivity index (χ0) is 24.2. The van der Waals surface area contributed by atoms with E-state index in [1.807, 2.05) is 64.1 Å². The van der Waals surface area contributed by atoms with Crippen molar-refractivity contribution < 1.29 is 15.0 Å². The Morgan fingerprint density at radius 2 is 1.73 bits per heavy atom. The van der Waals surface area contributed by atoms with Gasteiger partial charge in [-0.05, 0) is 51.0 Å². The summed E-state index contributed by atoms with van der Waals surface area (Å²) in [5, 5.41) is 26.3. The third-order valence-electron chi connectivity index (χ3n) is 5.23. The molecule has 3 rings (SSSR count). The van der Waals surface area contributed by atoms with Gasteiger partial charge >= 0.3 is 0 Å². The van der Waals surface area contributed by atoms with Crippen LogP contribution in [-0.4, -0.2) is 44.8 Å². The number of nitrogens with zero attached hydrogens (tertiary/aromatic N) is 2. The fraction of sp³-hybridized carbons (Fsp3) is 0.423. The Morgan fingerprint density at radius 3 is 2.39 bits per heavy atom. The number of aliphatic hydroxyl groups is 1. The minimum Gasteiger partial charge on any atom is -0.507 e. The van der Waals surface area contributed by atoms with Crippen molar-refractivity contribution in [3.05, 3.63) is 48.5 Å². The van der Waals surface area contributed by atoms with E-state index in [0.29, 0.717) is 17.8 Å². The van der Waals surface area contributed by atoms with Gasteiger partial charge in [-0.15, -0.1) is 0 Å². The SMILES string of the molecule is CCCCC(O)C(=O)NC(C)CC.CCNc1nc(-c2ccccc2O)nc2ccccc12. The number of rotatable bonds is 9. The minimum atomic E-state index is -0.825. The first-order chi connectivity index (χ1) is 15.9. The monoisotopic (exact) mass is 452 g/mol. The van der Waals surface area contributed by atoms with Crippen molar-refractivity contribution in [1.82, 2.24) is 15.3 Å². The minimum absolute atomic E-state index is 0.156. The van der Waals surface area contributed by atoms with E-state index in [4.69, 9.17) is 0 Å². The smallest absolute Gasteiger partial charge is 0.249 e. The normalized spacial score (nSPS) is 12.4. The number of fused-ring (bicyclic) bond motifs is 1. The molecule has 7 heteroatoms. The highest BCUT2D eigenvalue weighted by molar-refractivity contribution is 5.90.